The Balaban J connectivity index is 1.46. The Morgan fingerprint density at radius 2 is 1.81 bits per heavy atom. The van der Waals surface area contributed by atoms with Gasteiger partial charge in [-0.3, -0.25) is 9.80 Å². The van der Waals surface area contributed by atoms with Crippen LogP contribution >= 0.6 is 0 Å². The Kier molecular flexibility index (Phi) is 4.57. The molecule has 1 aromatic rings. The maximum atomic E-state index is 11.5. The maximum absolute atomic E-state index is 11.5. The molecule has 1 amide bonds. The van der Waals surface area contributed by atoms with Crippen molar-refractivity contribution in [2.45, 2.75) is 0 Å². The van der Waals surface area contributed by atoms with Gasteiger partial charge in [-0.25, -0.2) is 4.79 Å². The standard InChI is InChI=1S/C15H20N2O4/c18-15-17(8-12-21-15)13-1-3-14(4-2-13)20-11-7-16-5-9-19-10-6-16/h1-4H,5-12H2. The van der Waals surface area contributed by atoms with Crippen LogP contribution in [0.1, 0.15) is 0 Å². The van der Waals surface area contributed by atoms with E-state index in [4.69, 9.17) is 14.2 Å². The third kappa shape index (κ3) is 3.65. The van der Waals surface area contributed by atoms with Crippen molar-refractivity contribution in [2.75, 3.05) is 57.5 Å². The highest BCUT2D eigenvalue weighted by atomic mass is 16.6. The highest BCUT2D eigenvalue weighted by Crippen LogP contribution is 2.22. The molecule has 2 heterocycles. The Bertz CT molecular complexity index is 471. The number of carbonyl (C=O) groups is 1. The number of amides is 1. The van der Waals surface area contributed by atoms with E-state index in [-0.39, 0.29) is 6.09 Å². The predicted octanol–water partition coefficient (Wildman–Crippen LogP) is 1.35. The lowest BCUT2D eigenvalue weighted by Crippen LogP contribution is -2.38. The molecule has 0 atom stereocenters. The number of ether oxygens (including phenoxy) is 3. The molecule has 2 saturated heterocycles. The summed E-state index contributed by atoms with van der Waals surface area (Å²) in [4.78, 5) is 15.4. The molecule has 0 N–H and O–H groups in total. The van der Waals surface area contributed by atoms with Crippen molar-refractivity contribution in [1.29, 1.82) is 0 Å². The van der Waals surface area contributed by atoms with Crippen LogP contribution in [0.2, 0.25) is 0 Å². The smallest absolute Gasteiger partial charge is 0.414 e. The van der Waals surface area contributed by atoms with Crippen molar-refractivity contribution in [1.82, 2.24) is 4.90 Å². The third-order valence-electron chi connectivity index (χ3n) is 3.69. The van der Waals surface area contributed by atoms with Crippen molar-refractivity contribution in [3.8, 4) is 5.75 Å². The number of cyclic esters (lactones) is 1. The van der Waals surface area contributed by atoms with Crippen molar-refractivity contribution >= 4 is 11.8 Å². The molecule has 0 saturated carbocycles. The van der Waals surface area contributed by atoms with E-state index in [0.29, 0.717) is 19.8 Å². The zero-order chi connectivity index (χ0) is 14.5. The minimum Gasteiger partial charge on any atom is -0.492 e. The van der Waals surface area contributed by atoms with E-state index in [9.17, 15) is 4.79 Å². The van der Waals surface area contributed by atoms with E-state index in [1.807, 2.05) is 24.3 Å². The summed E-state index contributed by atoms with van der Waals surface area (Å²) in [5, 5.41) is 0. The molecule has 114 valence electrons. The van der Waals surface area contributed by atoms with E-state index in [2.05, 4.69) is 4.90 Å². The van der Waals surface area contributed by atoms with Gasteiger partial charge in [0, 0.05) is 25.3 Å². The quantitative estimate of drug-likeness (QED) is 0.820. The molecule has 0 spiro atoms. The summed E-state index contributed by atoms with van der Waals surface area (Å²) < 4.78 is 16.0. The molecule has 6 nitrogen and oxygen atoms in total. The molecule has 0 radical (unpaired) electrons. The first-order valence-corrected chi connectivity index (χ1v) is 7.30. The molecule has 0 unspecified atom stereocenters. The van der Waals surface area contributed by atoms with Crippen molar-refractivity contribution in [2.24, 2.45) is 0 Å². The number of carbonyl (C=O) groups excluding carboxylic acids is 1. The average molecular weight is 292 g/mol. The normalized spacial score (nSPS) is 19.6. The second kappa shape index (κ2) is 6.78. The van der Waals surface area contributed by atoms with Crippen LogP contribution in [0.25, 0.3) is 0 Å². The first kappa shape index (κ1) is 14.2. The number of rotatable bonds is 5. The number of nitrogens with zero attached hydrogens (tertiary/aromatic N) is 2. The number of hydrogen-bond donors (Lipinski definition) is 0. The lowest BCUT2D eigenvalue weighted by atomic mass is 10.3. The Labute approximate surface area is 124 Å². The van der Waals surface area contributed by atoms with Gasteiger partial charge < -0.3 is 14.2 Å². The summed E-state index contributed by atoms with van der Waals surface area (Å²) in [7, 11) is 0. The largest absolute Gasteiger partial charge is 0.492 e. The molecule has 0 aromatic heterocycles. The molecule has 2 aliphatic rings. The van der Waals surface area contributed by atoms with Gasteiger partial charge in [0.1, 0.15) is 19.0 Å². The van der Waals surface area contributed by atoms with Crippen LogP contribution in [-0.4, -0.2) is 63.6 Å². The fraction of sp³-hybridized carbons (Fsp3) is 0.533. The zero-order valence-electron chi connectivity index (χ0n) is 12.0. The average Bonchev–Trinajstić information content (AvgIpc) is 2.95. The van der Waals surface area contributed by atoms with E-state index >= 15 is 0 Å². The number of hydrogen-bond acceptors (Lipinski definition) is 5. The molecule has 21 heavy (non-hydrogen) atoms. The van der Waals surface area contributed by atoms with Gasteiger partial charge in [0.05, 0.1) is 19.8 Å². The summed E-state index contributed by atoms with van der Waals surface area (Å²) in [6.45, 7) is 6.18. The monoisotopic (exact) mass is 292 g/mol. The predicted molar refractivity (Wildman–Crippen MR) is 77.9 cm³/mol. The van der Waals surface area contributed by atoms with Crippen LogP contribution < -0.4 is 9.64 Å². The van der Waals surface area contributed by atoms with Crippen molar-refractivity contribution < 1.29 is 19.0 Å². The summed E-state index contributed by atoms with van der Waals surface area (Å²) in [6.07, 6.45) is -0.281. The summed E-state index contributed by atoms with van der Waals surface area (Å²) in [5.74, 6) is 0.819. The highest BCUT2D eigenvalue weighted by Gasteiger charge is 2.23. The van der Waals surface area contributed by atoms with Crippen LogP contribution in [-0.2, 0) is 9.47 Å². The molecule has 0 aliphatic carbocycles. The van der Waals surface area contributed by atoms with Gasteiger partial charge >= 0.3 is 6.09 Å². The molecule has 2 fully saturated rings. The third-order valence-corrected chi connectivity index (χ3v) is 3.69. The molecule has 1 aromatic carbocycles. The first-order chi connectivity index (χ1) is 10.3. The Morgan fingerprint density at radius 1 is 1.05 bits per heavy atom. The second-order valence-electron chi connectivity index (χ2n) is 5.06. The van der Waals surface area contributed by atoms with Crippen molar-refractivity contribution in [3.63, 3.8) is 0 Å². The number of anilines is 1. The minimum atomic E-state index is -0.281. The maximum Gasteiger partial charge on any atom is 0.414 e. The summed E-state index contributed by atoms with van der Waals surface area (Å²) in [6, 6.07) is 7.55. The van der Waals surface area contributed by atoms with E-state index < -0.39 is 0 Å². The topological polar surface area (TPSA) is 51.2 Å². The lowest BCUT2D eigenvalue weighted by Gasteiger charge is -2.26. The highest BCUT2D eigenvalue weighted by molar-refractivity contribution is 5.89. The van der Waals surface area contributed by atoms with Gasteiger partial charge in [-0.2, -0.15) is 0 Å². The molecule has 0 bridgehead atoms. The van der Waals surface area contributed by atoms with Crippen molar-refractivity contribution in [3.05, 3.63) is 24.3 Å². The van der Waals surface area contributed by atoms with E-state index in [0.717, 1.165) is 44.3 Å². The van der Waals surface area contributed by atoms with Gasteiger partial charge in [0.2, 0.25) is 0 Å². The van der Waals surface area contributed by atoms with Crippen LogP contribution in [0, 0.1) is 0 Å². The van der Waals surface area contributed by atoms with E-state index in [1.165, 1.54) is 0 Å². The lowest BCUT2D eigenvalue weighted by molar-refractivity contribution is 0.0322. The minimum absolute atomic E-state index is 0.281. The van der Waals surface area contributed by atoms with Crippen LogP contribution in [0.4, 0.5) is 10.5 Å². The summed E-state index contributed by atoms with van der Waals surface area (Å²) >= 11 is 0. The molecule has 2 aliphatic heterocycles. The van der Waals surface area contributed by atoms with Gasteiger partial charge in [-0.15, -0.1) is 0 Å². The molecule has 6 heteroatoms. The first-order valence-electron chi connectivity index (χ1n) is 7.30. The van der Waals surface area contributed by atoms with Crippen LogP contribution in [0.15, 0.2) is 24.3 Å². The number of morpholine rings is 1. The van der Waals surface area contributed by atoms with Crippen LogP contribution in [0.5, 0.6) is 5.75 Å². The Hall–Kier alpha value is -1.79. The van der Waals surface area contributed by atoms with E-state index in [1.54, 1.807) is 4.90 Å². The molecular weight excluding hydrogens is 272 g/mol. The summed E-state index contributed by atoms with van der Waals surface area (Å²) in [5.41, 5.74) is 0.845. The van der Waals surface area contributed by atoms with Gasteiger partial charge in [-0.05, 0) is 24.3 Å². The fourth-order valence-corrected chi connectivity index (χ4v) is 2.47. The van der Waals surface area contributed by atoms with Gasteiger partial charge in [0.15, 0.2) is 0 Å². The Morgan fingerprint density at radius 3 is 2.48 bits per heavy atom. The zero-order valence-corrected chi connectivity index (χ0v) is 12.0. The van der Waals surface area contributed by atoms with Crippen LogP contribution in [0.3, 0.4) is 0 Å². The molecular formula is C15H20N2O4. The fourth-order valence-electron chi connectivity index (χ4n) is 2.47. The molecule has 3 rings (SSSR count). The SMILES string of the molecule is O=C1OCCN1c1ccc(OCCN2CCOCC2)cc1. The second-order valence-corrected chi connectivity index (χ2v) is 5.06. The van der Waals surface area contributed by atoms with Gasteiger partial charge in [-0.1, -0.05) is 0 Å². The van der Waals surface area contributed by atoms with Gasteiger partial charge in [0.25, 0.3) is 0 Å². The number of benzene rings is 1.